The van der Waals surface area contributed by atoms with Gasteiger partial charge in [0.25, 0.3) is 5.56 Å². The Hall–Kier alpha value is -1.76. The molecule has 2 aromatic heterocycles. The van der Waals surface area contributed by atoms with Crippen molar-refractivity contribution in [3.63, 3.8) is 0 Å². The molecule has 0 radical (unpaired) electrons. The second-order valence-electron chi connectivity index (χ2n) is 7.17. The van der Waals surface area contributed by atoms with Crippen LogP contribution in [0.2, 0.25) is 0 Å². The molecular formula is C17H22BrN5O. The van der Waals surface area contributed by atoms with Gasteiger partial charge in [-0.25, -0.2) is 14.6 Å². The van der Waals surface area contributed by atoms with Crippen LogP contribution < -0.4 is 10.5 Å². The van der Waals surface area contributed by atoms with Crippen molar-refractivity contribution < 1.29 is 0 Å². The first-order chi connectivity index (χ1) is 11.3. The maximum Gasteiger partial charge on any atom is 0.267 e. The van der Waals surface area contributed by atoms with Gasteiger partial charge in [0.05, 0.1) is 16.2 Å². The smallest absolute Gasteiger partial charge is 0.267 e. The molecular weight excluding hydrogens is 370 g/mol. The van der Waals surface area contributed by atoms with E-state index in [1.54, 1.807) is 23.1 Å². The molecule has 0 bridgehead atoms. The average Bonchev–Trinajstić information content (AvgIpc) is 2.55. The predicted octanol–water partition coefficient (Wildman–Crippen LogP) is 2.93. The predicted molar refractivity (Wildman–Crippen MR) is 97.4 cm³/mol. The fourth-order valence-corrected chi connectivity index (χ4v) is 3.07. The molecule has 0 N–H and O–H groups in total. The number of halogens is 1. The number of hydrogen-bond acceptors (Lipinski definition) is 5. The van der Waals surface area contributed by atoms with Gasteiger partial charge in [0.1, 0.15) is 0 Å². The molecule has 3 rings (SSSR count). The summed E-state index contributed by atoms with van der Waals surface area (Å²) in [7, 11) is 0. The molecule has 0 spiro atoms. The lowest BCUT2D eigenvalue weighted by molar-refractivity contribution is 0.342. The summed E-state index contributed by atoms with van der Waals surface area (Å²) in [6.45, 7) is 7.97. The SMILES string of the molecule is CC(C)(C)c1ccc(=O)n(C2CCN(c3ncc(Br)cn3)CC2)n1. The average molecular weight is 392 g/mol. The second kappa shape index (κ2) is 6.63. The Morgan fingerprint density at radius 3 is 2.33 bits per heavy atom. The molecule has 24 heavy (non-hydrogen) atoms. The molecule has 0 aliphatic carbocycles. The van der Waals surface area contributed by atoms with Gasteiger partial charge in [0.15, 0.2) is 0 Å². The summed E-state index contributed by atoms with van der Waals surface area (Å²) in [6.07, 6.45) is 5.24. The number of hydrogen-bond donors (Lipinski definition) is 0. The van der Waals surface area contributed by atoms with Crippen LogP contribution in [0.5, 0.6) is 0 Å². The van der Waals surface area contributed by atoms with Crippen LogP contribution in [0.15, 0.2) is 33.8 Å². The van der Waals surface area contributed by atoms with E-state index < -0.39 is 0 Å². The quantitative estimate of drug-likeness (QED) is 0.787. The van der Waals surface area contributed by atoms with Crippen molar-refractivity contribution in [2.75, 3.05) is 18.0 Å². The van der Waals surface area contributed by atoms with E-state index >= 15 is 0 Å². The van der Waals surface area contributed by atoms with Crippen LogP contribution in [0.4, 0.5) is 5.95 Å². The first-order valence-corrected chi connectivity index (χ1v) is 8.97. The van der Waals surface area contributed by atoms with Crippen molar-refractivity contribution >= 4 is 21.9 Å². The van der Waals surface area contributed by atoms with Gasteiger partial charge < -0.3 is 4.90 Å². The molecule has 2 aromatic rings. The van der Waals surface area contributed by atoms with Crippen molar-refractivity contribution in [2.24, 2.45) is 0 Å². The highest BCUT2D eigenvalue weighted by molar-refractivity contribution is 9.10. The molecule has 128 valence electrons. The molecule has 0 amide bonds. The van der Waals surface area contributed by atoms with Crippen LogP contribution in [0.1, 0.15) is 45.3 Å². The van der Waals surface area contributed by atoms with Gasteiger partial charge in [-0.15, -0.1) is 0 Å². The standard InChI is InChI=1S/C17H22BrN5O/c1-17(2,3)14-4-5-15(24)23(21-14)13-6-8-22(9-7-13)16-19-10-12(18)11-20-16/h4-5,10-11,13H,6-9H2,1-3H3. The lowest BCUT2D eigenvalue weighted by Gasteiger charge is -2.32. The minimum Gasteiger partial charge on any atom is -0.341 e. The fraction of sp³-hybridized carbons (Fsp3) is 0.529. The van der Waals surface area contributed by atoms with Crippen LogP contribution in [0.25, 0.3) is 0 Å². The van der Waals surface area contributed by atoms with Crippen molar-refractivity contribution in [1.29, 1.82) is 0 Å². The van der Waals surface area contributed by atoms with E-state index in [1.165, 1.54) is 0 Å². The highest BCUT2D eigenvalue weighted by Crippen LogP contribution is 2.25. The molecule has 7 heteroatoms. The number of anilines is 1. The summed E-state index contributed by atoms with van der Waals surface area (Å²) in [6, 6.07) is 3.60. The number of aromatic nitrogens is 4. The van der Waals surface area contributed by atoms with Gasteiger partial charge in [-0.2, -0.15) is 5.10 Å². The third kappa shape index (κ3) is 3.66. The van der Waals surface area contributed by atoms with Gasteiger partial charge in [-0.1, -0.05) is 20.8 Å². The van der Waals surface area contributed by atoms with Crippen LogP contribution >= 0.6 is 15.9 Å². The van der Waals surface area contributed by atoms with Gasteiger partial charge in [-0.3, -0.25) is 4.79 Å². The minimum atomic E-state index is -0.0680. The van der Waals surface area contributed by atoms with E-state index in [1.807, 2.05) is 6.07 Å². The van der Waals surface area contributed by atoms with E-state index in [9.17, 15) is 4.79 Å². The minimum absolute atomic E-state index is 0.0265. The normalized spacial score (nSPS) is 16.4. The zero-order valence-corrected chi connectivity index (χ0v) is 15.8. The van der Waals surface area contributed by atoms with E-state index in [4.69, 9.17) is 0 Å². The van der Waals surface area contributed by atoms with Crippen LogP contribution in [0.3, 0.4) is 0 Å². The monoisotopic (exact) mass is 391 g/mol. The molecule has 0 unspecified atom stereocenters. The van der Waals surface area contributed by atoms with Crippen LogP contribution in [0, 0.1) is 0 Å². The molecule has 1 aliphatic rings. The zero-order valence-electron chi connectivity index (χ0n) is 14.2. The Bertz CT molecular complexity index is 758. The Balaban J connectivity index is 1.75. The summed E-state index contributed by atoms with van der Waals surface area (Å²) < 4.78 is 2.54. The van der Waals surface area contributed by atoms with Gasteiger partial charge in [0, 0.05) is 37.0 Å². The summed E-state index contributed by atoms with van der Waals surface area (Å²) in [5.74, 6) is 0.736. The van der Waals surface area contributed by atoms with E-state index in [0.29, 0.717) is 0 Å². The van der Waals surface area contributed by atoms with Crippen LogP contribution in [-0.2, 0) is 5.41 Å². The largest absolute Gasteiger partial charge is 0.341 e. The lowest BCUT2D eigenvalue weighted by atomic mass is 9.92. The van der Waals surface area contributed by atoms with E-state index in [0.717, 1.165) is 42.0 Å². The molecule has 6 nitrogen and oxygen atoms in total. The molecule has 3 heterocycles. The van der Waals surface area contributed by atoms with Gasteiger partial charge in [-0.05, 0) is 34.8 Å². The van der Waals surface area contributed by atoms with Crippen LogP contribution in [-0.4, -0.2) is 32.8 Å². The molecule has 0 atom stereocenters. The molecule has 1 fully saturated rings. The summed E-state index contributed by atoms with van der Waals surface area (Å²) in [4.78, 5) is 23.1. The van der Waals surface area contributed by atoms with Gasteiger partial charge >= 0.3 is 0 Å². The Kier molecular flexibility index (Phi) is 4.71. The topological polar surface area (TPSA) is 63.9 Å². The van der Waals surface area contributed by atoms with Crippen molar-refractivity contribution in [1.82, 2.24) is 19.7 Å². The third-order valence-electron chi connectivity index (χ3n) is 4.29. The summed E-state index contributed by atoms with van der Waals surface area (Å²) >= 11 is 3.35. The summed E-state index contributed by atoms with van der Waals surface area (Å²) in [5, 5.41) is 4.62. The first kappa shape index (κ1) is 17.1. The zero-order chi connectivity index (χ0) is 17.3. The number of nitrogens with zero attached hydrogens (tertiary/aromatic N) is 5. The second-order valence-corrected chi connectivity index (χ2v) is 8.09. The fourth-order valence-electron chi connectivity index (χ4n) is 2.87. The Morgan fingerprint density at radius 2 is 1.75 bits per heavy atom. The molecule has 1 saturated heterocycles. The molecule has 1 aliphatic heterocycles. The van der Waals surface area contributed by atoms with E-state index in [2.05, 4.69) is 56.7 Å². The number of rotatable bonds is 2. The molecule has 0 aromatic carbocycles. The van der Waals surface area contributed by atoms with Crippen molar-refractivity contribution in [3.8, 4) is 0 Å². The maximum atomic E-state index is 12.2. The lowest BCUT2D eigenvalue weighted by Crippen LogP contribution is -2.39. The third-order valence-corrected chi connectivity index (χ3v) is 4.70. The van der Waals surface area contributed by atoms with E-state index in [-0.39, 0.29) is 17.0 Å². The highest BCUT2D eigenvalue weighted by Gasteiger charge is 2.25. The highest BCUT2D eigenvalue weighted by atomic mass is 79.9. The first-order valence-electron chi connectivity index (χ1n) is 8.17. The Morgan fingerprint density at radius 1 is 1.12 bits per heavy atom. The molecule has 0 saturated carbocycles. The summed E-state index contributed by atoms with van der Waals surface area (Å²) in [5.41, 5.74) is 0.851. The van der Waals surface area contributed by atoms with Crippen molar-refractivity contribution in [3.05, 3.63) is 45.0 Å². The number of piperidine rings is 1. The van der Waals surface area contributed by atoms with Crippen molar-refractivity contribution in [2.45, 2.75) is 45.1 Å². The maximum absolute atomic E-state index is 12.2. The van der Waals surface area contributed by atoms with Gasteiger partial charge in [0.2, 0.25) is 5.95 Å². The Labute approximate surface area is 150 Å².